The Morgan fingerprint density at radius 3 is 2.85 bits per heavy atom. The fraction of sp³-hybridized carbons (Fsp3) is 0.190. The highest BCUT2D eigenvalue weighted by Gasteiger charge is 2.12. The van der Waals surface area contributed by atoms with Crippen molar-refractivity contribution in [1.82, 2.24) is 19.7 Å². The van der Waals surface area contributed by atoms with Crippen LogP contribution in [-0.4, -0.2) is 26.8 Å². The first-order valence-corrected chi connectivity index (χ1v) is 8.69. The molecule has 0 aliphatic rings. The lowest BCUT2D eigenvalue weighted by Crippen LogP contribution is -2.26. The Labute approximate surface area is 151 Å². The second-order valence-electron chi connectivity index (χ2n) is 6.52. The Morgan fingerprint density at radius 2 is 2.00 bits per heavy atom. The van der Waals surface area contributed by atoms with E-state index in [-0.39, 0.29) is 5.91 Å². The number of amides is 1. The smallest absolute Gasteiger partial charge is 0.253 e. The molecule has 1 aromatic carbocycles. The van der Waals surface area contributed by atoms with Crippen molar-refractivity contribution in [1.29, 1.82) is 0 Å². The topological polar surface area (TPSA) is 59.3 Å². The van der Waals surface area contributed by atoms with Gasteiger partial charge in [-0.3, -0.25) is 9.78 Å². The van der Waals surface area contributed by atoms with Crippen LogP contribution in [0.5, 0.6) is 0 Å². The van der Waals surface area contributed by atoms with Gasteiger partial charge < -0.3 is 9.72 Å². The number of aromatic nitrogens is 3. The normalized spacial score (nSPS) is 11.2. The van der Waals surface area contributed by atoms with Crippen molar-refractivity contribution in [2.24, 2.45) is 0 Å². The fourth-order valence-electron chi connectivity index (χ4n) is 3.11. The molecule has 0 aliphatic carbocycles. The highest BCUT2D eigenvalue weighted by atomic mass is 16.1. The van der Waals surface area contributed by atoms with Crippen LogP contribution in [0.3, 0.4) is 0 Å². The van der Waals surface area contributed by atoms with Gasteiger partial charge in [0, 0.05) is 30.7 Å². The maximum absolute atomic E-state index is 12.6. The number of nitrogens with zero attached hydrogens (tertiary/aromatic N) is 3. The molecule has 0 spiro atoms. The van der Waals surface area contributed by atoms with E-state index in [0.717, 1.165) is 33.5 Å². The molecule has 0 fully saturated rings. The van der Waals surface area contributed by atoms with Gasteiger partial charge in [0.05, 0.1) is 22.5 Å². The summed E-state index contributed by atoms with van der Waals surface area (Å²) in [7, 11) is 0. The molecule has 0 atom stereocenters. The zero-order chi connectivity index (χ0) is 18.1. The fourth-order valence-corrected chi connectivity index (χ4v) is 3.11. The molecule has 4 aromatic rings. The summed E-state index contributed by atoms with van der Waals surface area (Å²) < 4.78 is 1.98. The van der Waals surface area contributed by atoms with Crippen LogP contribution < -0.4 is 5.32 Å². The zero-order valence-corrected chi connectivity index (χ0v) is 14.9. The molecule has 3 heterocycles. The Hall–Kier alpha value is -3.21. The molecule has 0 saturated heterocycles. The molecular weight excluding hydrogens is 324 g/mol. The lowest BCUT2D eigenvalue weighted by atomic mass is 10.1. The number of nitrogens with one attached hydrogen (secondary N) is 1. The average molecular weight is 344 g/mol. The number of carbonyl (C=O) groups excluding carboxylic acids is 1. The second-order valence-corrected chi connectivity index (χ2v) is 6.52. The van der Waals surface area contributed by atoms with Gasteiger partial charge in [0.25, 0.3) is 5.91 Å². The zero-order valence-electron chi connectivity index (χ0n) is 14.9. The number of rotatable bonds is 4. The summed E-state index contributed by atoms with van der Waals surface area (Å²) in [5, 5.41) is 3.96. The van der Waals surface area contributed by atoms with Crippen LogP contribution in [0.25, 0.3) is 16.6 Å². The van der Waals surface area contributed by atoms with Crippen LogP contribution >= 0.6 is 0 Å². The molecule has 0 unspecified atom stereocenters. The third-order valence-electron chi connectivity index (χ3n) is 4.49. The molecule has 5 heteroatoms. The predicted octanol–water partition coefficient (Wildman–Crippen LogP) is 3.47. The lowest BCUT2D eigenvalue weighted by molar-refractivity contribution is 0.0953. The first-order valence-electron chi connectivity index (χ1n) is 8.69. The maximum Gasteiger partial charge on any atom is 0.253 e. The van der Waals surface area contributed by atoms with Gasteiger partial charge >= 0.3 is 0 Å². The first-order chi connectivity index (χ1) is 12.6. The lowest BCUT2D eigenvalue weighted by Gasteiger charge is -2.09. The first kappa shape index (κ1) is 16.3. The molecule has 0 aliphatic heterocycles. The molecule has 3 aromatic heterocycles. The summed E-state index contributed by atoms with van der Waals surface area (Å²) >= 11 is 0. The number of hydrogen-bond acceptors (Lipinski definition) is 3. The Morgan fingerprint density at radius 1 is 1.12 bits per heavy atom. The van der Waals surface area contributed by atoms with Crippen molar-refractivity contribution in [2.45, 2.75) is 20.3 Å². The van der Waals surface area contributed by atoms with E-state index in [4.69, 9.17) is 0 Å². The number of fused-ring (bicyclic) bond motifs is 2. The highest BCUT2D eigenvalue weighted by molar-refractivity contribution is 5.98. The average Bonchev–Trinajstić information content (AvgIpc) is 3.03. The summed E-state index contributed by atoms with van der Waals surface area (Å²) in [6.07, 6.45) is 4.65. The van der Waals surface area contributed by atoms with Crippen molar-refractivity contribution in [3.8, 4) is 0 Å². The largest absolute Gasteiger partial charge is 0.352 e. The molecular formula is C21H20N4O. The number of imidazole rings is 1. The second kappa shape index (κ2) is 6.59. The summed E-state index contributed by atoms with van der Waals surface area (Å²) in [5.41, 5.74) is 5.32. The molecule has 1 amide bonds. The molecule has 0 radical (unpaired) electrons. The Kier molecular flexibility index (Phi) is 4.13. The number of hydrogen-bond donors (Lipinski definition) is 1. The van der Waals surface area contributed by atoms with E-state index in [1.807, 2.05) is 73.1 Å². The number of benzene rings is 1. The number of pyridine rings is 2. The monoisotopic (exact) mass is 344 g/mol. The van der Waals surface area contributed by atoms with E-state index in [1.165, 1.54) is 0 Å². The van der Waals surface area contributed by atoms with Gasteiger partial charge in [-0.2, -0.15) is 0 Å². The van der Waals surface area contributed by atoms with Crippen LogP contribution in [0, 0.1) is 13.8 Å². The van der Waals surface area contributed by atoms with Crippen LogP contribution in [0.15, 0.2) is 54.9 Å². The summed E-state index contributed by atoms with van der Waals surface area (Å²) in [5.74, 6) is -0.0961. The number of aryl methyl sites for hydroxylation is 2. The van der Waals surface area contributed by atoms with Crippen molar-refractivity contribution in [3.05, 3.63) is 77.4 Å². The van der Waals surface area contributed by atoms with Gasteiger partial charge in [0.1, 0.15) is 5.65 Å². The van der Waals surface area contributed by atoms with Crippen LogP contribution in [-0.2, 0) is 6.42 Å². The van der Waals surface area contributed by atoms with Crippen molar-refractivity contribution in [3.63, 3.8) is 0 Å². The standard InChI is InChI=1S/C21H20N4O/c1-14-6-7-16-12-18(15(2)23-19(16)11-14)21(26)22-9-8-17-13-25-10-4-3-5-20(25)24-17/h3-7,10-13H,8-9H2,1-2H3,(H,22,26). The summed E-state index contributed by atoms with van der Waals surface area (Å²) in [6, 6.07) is 13.9. The van der Waals surface area contributed by atoms with Crippen LogP contribution in [0.1, 0.15) is 27.3 Å². The molecule has 0 bridgehead atoms. The van der Waals surface area contributed by atoms with Crippen LogP contribution in [0.4, 0.5) is 0 Å². The third-order valence-corrected chi connectivity index (χ3v) is 4.49. The van der Waals surface area contributed by atoms with Gasteiger partial charge in [0.2, 0.25) is 0 Å². The summed E-state index contributed by atoms with van der Waals surface area (Å²) in [4.78, 5) is 21.7. The molecule has 1 N–H and O–H groups in total. The Balaban J connectivity index is 1.46. The van der Waals surface area contributed by atoms with Gasteiger partial charge in [-0.15, -0.1) is 0 Å². The Bertz CT molecular complexity index is 1080. The quantitative estimate of drug-likeness (QED) is 0.617. The van der Waals surface area contributed by atoms with E-state index in [0.29, 0.717) is 18.5 Å². The third kappa shape index (κ3) is 3.16. The van der Waals surface area contributed by atoms with Crippen LogP contribution in [0.2, 0.25) is 0 Å². The van der Waals surface area contributed by atoms with Crippen molar-refractivity contribution < 1.29 is 4.79 Å². The minimum absolute atomic E-state index is 0.0961. The minimum atomic E-state index is -0.0961. The van der Waals surface area contributed by atoms with Gasteiger partial charge in [-0.25, -0.2) is 4.98 Å². The molecule has 26 heavy (non-hydrogen) atoms. The van der Waals surface area contributed by atoms with E-state index in [1.54, 1.807) is 0 Å². The van der Waals surface area contributed by atoms with Crippen molar-refractivity contribution >= 4 is 22.5 Å². The number of carbonyl (C=O) groups is 1. The SMILES string of the molecule is Cc1ccc2cc(C(=O)NCCc3cn4ccccc4n3)c(C)nc2c1. The molecule has 0 saturated carbocycles. The van der Waals surface area contributed by atoms with E-state index >= 15 is 0 Å². The van der Waals surface area contributed by atoms with Gasteiger partial charge in [-0.1, -0.05) is 18.2 Å². The molecule has 5 nitrogen and oxygen atoms in total. The van der Waals surface area contributed by atoms with E-state index < -0.39 is 0 Å². The molecule has 4 rings (SSSR count). The molecule has 130 valence electrons. The van der Waals surface area contributed by atoms with Gasteiger partial charge in [-0.05, 0) is 43.7 Å². The minimum Gasteiger partial charge on any atom is -0.352 e. The van der Waals surface area contributed by atoms with E-state index in [2.05, 4.69) is 15.3 Å². The van der Waals surface area contributed by atoms with Gasteiger partial charge in [0.15, 0.2) is 0 Å². The predicted molar refractivity (Wildman–Crippen MR) is 102 cm³/mol. The summed E-state index contributed by atoms with van der Waals surface area (Å²) in [6.45, 7) is 4.45. The van der Waals surface area contributed by atoms with E-state index in [9.17, 15) is 4.79 Å². The van der Waals surface area contributed by atoms with Crippen molar-refractivity contribution in [2.75, 3.05) is 6.54 Å². The highest BCUT2D eigenvalue weighted by Crippen LogP contribution is 2.18. The maximum atomic E-state index is 12.6.